The molecule has 118 valence electrons. The van der Waals surface area contributed by atoms with E-state index in [1.54, 1.807) is 0 Å². The van der Waals surface area contributed by atoms with Crippen LogP contribution in [0.25, 0.3) is 0 Å². The minimum atomic E-state index is -0.713. The molecule has 0 saturated carbocycles. The van der Waals surface area contributed by atoms with Crippen LogP contribution in [0.3, 0.4) is 0 Å². The van der Waals surface area contributed by atoms with Gasteiger partial charge in [0.15, 0.2) is 0 Å². The molecule has 0 spiro atoms. The first-order valence-electron chi connectivity index (χ1n) is 7.51. The van der Waals surface area contributed by atoms with Gasteiger partial charge < -0.3 is 16.0 Å². The van der Waals surface area contributed by atoms with Crippen LogP contribution in [-0.2, 0) is 10.5 Å². The van der Waals surface area contributed by atoms with Crippen molar-refractivity contribution in [2.24, 2.45) is 5.73 Å². The number of anilines is 1. The van der Waals surface area contributed by atoms with E-state index in [1.165, 1.54) is 11.8 Å². The van der Waals surface area contributed by atoms with Gasteiger partial charge in [0.1, 0.15) is 6.17 Å². The summed E-state index contributed by atoms with van der Waals surface area (Å²) in [6.07, 6.45) is 0.613. The fraction of sp³-hybridized carbons (Fsp3) is 0.438. The molecule has 0 aliphatic carbocycles. The molecule has 2 heterocycles. The molecule has 1 unspecified atom stereocenters. The first-order valence-corrected chi connectivity index (χ1v) is 8.49. The van der Waals surface area contributed by atoms with Crippen LogP contribution in [-0.4, -0.2) is 31.7 Å². The fourth-order valence-electron chi connectivity index (χ4n) is 2.72. The number of amides is 1. The number of carbonyl (C=O) groups excluding carboxylic acids is 1. The number of nitrogens with zero attached hydrogens (tertiary/aromatic N) is 1. The number of benzene rings is 1. The van der Waals surface area contributed by atoms with Crippen molar-refractivity contribution in [2.75, 3.05) is 24.5 Å². The van der Waals surface area contributed by atoms with Crippen LogP contribution < -0.4 is 16.0 Å². The molecule has 3 rings (SSSR count). The van der Waals surface area contributed by atoms with Crippen LogP contribution in [0.2, 0.25) is 0 Å². The molecule has 0 aromatic heterocycles. The Hall–Kier alpha value is -1.69. The van der Waals surface area contributed by atoms with E-state index in [0.29, 0.717) is 42.3 Å². The van der Waals surface area contributed by atoms with Crippen molar-refractivity contribution in [3.8, 4) is 0 Å². The topological polar surface area (TPSA) is 58.4 Å². The van der Waals surface area contributed by atoms with Crippen molar-refractivity contribution in [2.45, 2.75) is 24.8 Å². The Morgan fingerprint density at radius 2 is 2.14 bits per heavy atom. The molecule has 3 N–H and O–H groups in total. The summed E-state index contributed by atoms with van der Waals surface area (Å²) >= 11 is 1.47. The average molecular weight is 321 g/mol. The molecule has 1 amide bonds. The first kappa shape index (κ1) is 15.2. The standard InChI is InChI=1S/C16H20FN3OS/c17-12-6-8-20(9-12)13-3-1-11(2-4-13)10-22-15-14(18)5-7-19-16(15)21/h1-4,12H,5-10,18H2,(H,19,21). The van der Waals surface area contributed by atoms with Gasteiger partial charge in [-0.3, -0.25) is 4.79 Å². The highest BCUT2D eigenvalue weighted by Crippen LogP contribution is 2.28. The molecule has 2 aliphatic heterocycles. The zero-order valence-corrected chi connectivity index (χ0v) is 13.2. The second-order valence-corrected chi connectivity index (χ2v) is 6.63. The molecule has 0 radical (unpaired) electrons. The number of halogens is 1. The van der Waals surface area contributed by atoms with E-state index in [1.807, 2.05) is 24.3 Å². The van der Waals surface area contributed by atoms with E-state index in [4.69, 9.17) is 5.73 Å². The van der Waals surface area contributed by atoms with Gasteiger partial charge in [0.05, 0.1) is 4.91 Å². The molecule has 1 saturated heterocycles. The molecule has 1 aromatic rings. The maximum Gasteiger partial charge on any atom is 0.259 e. The van der Waals surface area contributed by atoms with Crippen LogP contribution in [0.15, 0.2) is 34.9 Å². The maximum atomic E-state index is 13.2. The fourth-order valence-corrected chi connectivity index (χ4v) is 3.71. The maximum absolute atomic E-state index is 13.2. The predicted molar refractivity (Wildman–Crippen MR) is 88.3 cm³/mol. The number of hydrogen-bond acceptors (Lipinski definition) is 4. The molecule has 1 fully saturated rings. The number of carbonyl (C=O) groups is 1. The highest BCUT2D eigenvalue weighted by molar-refractivity contribution is 8.03. The third-order valence-corrected chi connectivity index (χ3v) is 5.21. The first-order chi connectivity index (χ1) is 10.6. The summed E-state index contributed by atoms with van der Waals surface area (Å²) in [7, 11) is 0. The number of nitrogens with two attached hydrogens (primary N) is 1. The molecule has 1 aromatic carbocycles. The van der Waals surface area contributed by atoms with E-state index >= 15 is 0 Å². The van der Waals surface area contributed by atoms with Crippen LogP contribution in [0.1, 0.15) is 18.4 Å². The molecule has 0 bridgehead atoms. The Bertz CT molecular complexity index is 588. The molecule has 2 aliphatic rings. The molecular weight excluding hydrogens is 301 g/mol. The summed E-state index contributed by atoms with van der Waals surface area (Å²) < 4.78 is 13.2. The van der Waals surface area contributed by atoms with E-state index < -0.39 is 6.17 Å². The van der Waals surface area contributed by atoms with Crippen molar-refractivity contribution in [1.29, 1.82) is 0 Å². The van der Waals surface area contributed by atoms with Gasteiger partial charge in [-0.2, -0.15) is 0 Å². The summed E-state index contributed by atoms with van der Waals surface area (Å²) in [5.74, 6) is 0.631. The van der Waals surface area contributed by atoms with Gasteiger partial charge in [-0.05, 0) is 24.1 Å². The van der Waals surface area contributed by atoms with E-state index in [-0.39, 0.29) is 5.91 Å². The Kier molecular flexibility index (Phi) is 4.57. The summed E-state index contributed by atoms with van der Waals surface area (Å²) in [6, 6.07) is 8.11. The highest BCUT2D eigenvalue weighted by Gasteiger charge is 2.22. The van der Waals surface area contributed by atoms with Gasteiger partial charge in [-0.1, -0.05) is 12.1 Å². The number of nitrogens with one attached hydrogen (secondary N) is 1. The minimum absolute atomic E-state index is 0.0728. The predicted octanol–water partition coefficient (Wildman–Crippen LogP) is 2.16. The summed E-state index contributed by atoms with van der Waals surface area (Å²) in [5, 5.41) is 2.81. The molecule has 22 heavy (non-hydrogen) atoms. The lowest BCUT2D eigenvalue weighted by atomic mass is 10.2. The van der Waals surface area contributed by atoms with E-state index in [0.717, 1.165) is 17.8 Å². The Balaban J connectivity index is 1.61. The van der Waals surface area contributed by atoms with Gasteiger partial charge in [0, 0.05) is 43.2 Å². The van der Waals surface area contributed by atoms with Crippen molar-refractivity contribution in [3.05, 3.63) is 40.4 Å². The van der Waals surface area contributed by atoms with Crippen molar-refractivity contribution >= 4 is 23.4 Å². The van der Waals surface area contributed by atoms with Crippen molar-refractivity contribution in [3.63, 3.8) is 0 Å². The van der Waals surface area contributed by atoms with E-state index in [2.05, 4.69) is 10.2 Å². The quantitative estimate of drug-likeness (QED) is 0.892. The number of hydrogen-bond donors (Lipinski definition) is 2. The second kappa shape index (κ2) is 6.60. The van der Waals surface area contributed by atoms with Gasteiger partial charge in [0.2, 0.25) is 0 Å². The van der Waals surface area contributed by atoms with Crippen LogP contribution in [0.5, 0.6) is 0 Å². The van der Waals surface area contributed by atoms with Crippen molar-refractivity contribution < 1.29 is 9.18 Å². The van der Waals surface area contributed by atoms with Crippen LogP contribution in [0.4, 0.5) is 10.1 Å². The molecule has 1 atom stereocenters. The summed E-state index contributed by atoms with van der Waals surface area (Å²) in [6.45, 7) is 1.88. The third-order valence-electron chi connectivity index (χ3n) is 3.99. The zero-order valence-electron chi connectivity index (χ0n) is 12.3. The monoisotopic (exact) mass is 321 g/mol. The third kappa shape index (κ3) is 3.38. The smallest absolute Gasteiger partial charge is 0.259 e. The Morgan fingerprint density at radius 1 is 1.36 bits per heavy atom. The number of rotatable bonds is 4. The SMILES string of the molecule is NC1=C(SCc2ccc(N3CCC(F)C3)cc2)C(=O)NCC1. The van der Waals surface area contributed by atoms with Crippen LogP contribution >= 0.6 is 11.8 Å². The van der Waals surface area contributed by atoms with Gasteiger partial charge in [-0.25, -0.2) is 4.39 Å². The highest BCUT2D eigenvalue weighted by atomic mass is 32.2. The Morgan fingerprint density at radius 3 is 2.77 bits per heavy atom. The lowest BCUT2D eigenvalue weighted by Crippen LogP contribution is -2.32. The lowest BCUT2D eigenvalue weighted by Gasteiger charge is -2.18. The molecular formula is C16H20FN3OS. The largest absolute Gasteiger partial charge is 0.401 e. The lowest BCUT2D eigenvalue weighted by molar-refractivity contribution is -0.117. The van der Waals surface area contributed by atoms with Crippen molar-refractivity contribution in [1.82, 2.24) is 5.32 Å². The second-order valence-electron chi connectivity index (χ2n) is 5.65. The van der Waals surface area contributed by atoms with Gasteiger partial charge >= 0.3 is 0 Å². The Labute approximate surface area is 133 Å². The normalized spacial score (nSPS) is 22.1. The van der Waals surface area contributed by atoms with Gasteiger partial charge in [-0.15, -0.1) is 11.8 Å². The van der Waals surface area contributed by atoms with Gasteiger partial charge in [0.25, 0.3) is 5.91 Å². The molecule has 6 heteroatoms. The number of alkyl halides is 1. The summed E-state index contributed by atoms with van der Waals surface area (Å²) in [4.78, 5) is 14.5. The zero-order chi connectivity index (χ0) is 15.5. The van der Waals surface area contributed by atoms with E-state index in [9.17, 15) is 9.18 Å². The minimum Gasteiger partial charge on any atom is -0.401 e. The number of thioether (sulfide) groups is 1. The average Bonchev–Trinajstić information content (AvgIpc) is 2.94. The summed E-state index contributed by atoms with van der Waals surface area (Å²) in [5.41, 5.74) is 8.77. The molecule has 4 nitrogen and oxygen atoms in total. The van der Waals surface area contributed by atoms with Crippen LogP contribution in [0, 0.1) is 0 Å².